The van der Waals surface area contributed by atoms with Crippen molar-refractivity contribution in [3.8, 4) is 0 Å². The quantitative estimate of drug-likeness (QED) is 0.235. The predicted molar refractivity (Wildman–Crippen MR) is 135 cm³/mol. The average molecular weight is 560 g/mol. The van der Waals surface area contributed by atoms with E-state index in [9.17, 15) is 8.42 Å². The van der Waals surface area contributed by atoms with E-state index in [1.807, 2.05) is 0 Å². The highest BCUT2D eigenvalue weighted by Crippen LogP contribution is 2.17. The number of likely N-dealkylation sites (tertiary alicyclic amines) is 2. The van der Waals surface area contributed by atoms with Crippen LogP contribution < -0.4 is 10.6 Å². The standard InChI is InChI=1S/C20H41N5O3S.HI/c1-4-21-20(22-17-18-5-9-24(10-6-18)13-15-28-2)23-19-7-11-25(12-8-19)14-16-29(3,26)27;/h18-19H,4-17H2,1-3H3,(H2,21,22,23);1H. The number of nitrogens with zero attached hydrogens (tertiary/aromatic N) is 3. The minimum atomic E-state index is -2.89. The summed E-state index contributed by atoms with van der Waals surface area (Å²) in [5.74, 6) is 1.82. The Labute approximate surface area is 200 Å². The van der Waals surface area contributed by atoms with E-state index < -0.39 is 9.84 Å². The summed E-state index contributed by atoms with van der Waals surface area (Å²) in [7, 11) is -1.13. The molecule has 0 amide bonds. The molecule has 0 unspecified atom stereocenters. The molecule has 2 aliphatic heterocycles. The monoisotopic (exact) mass is 559 g/mol. The van der Waals surface area contributed by atoms with Crippen LogP contribution in [0.2, 0.25) is 0 Å². The number of methoxy groups -OCH3 is 1. The van der Waals surface area contributed by atoms with Gasteiger partial charge in [0.25, 0.3) is 0 Å². The van der Waals surface area contributed by atoms with Gasteiger partial charge in [0.2, 0.25) is 0 Å². The molecular weight excluding hydrogens is 517 g/mol. The van der Waals surface area contributed by atoms with Crippen molar-refractivity contribution < 1.29 is 13.2 Å². The van der Waals surface area contributed by atoms with Crippen LogP contribution in [0.3, 0.4) is 0 Å². The fourth-order valence-corrected chi connectivity index (χ4v) is 4.53. The Bertz CT molecular complexity index is 589. The lowest BCUT2D eigenvalue weighted by Crippen LogP contribution is -2.49. The first-order valence-electron chi connectivity index (χ1n) is 11.1. The minimum absolute atomic E-state index is 0. The topological polar surface area (TPSA) is 86.3 Å². The number of piperidine rings is 2. The highest BCUT2D eigenvalue weighted by atomic mass is 127. The average Bonchev–Trinajstić information content (AvgIpc) is 2.70. The van der Waals surface area contributed by atoms with Crippen LogP contribution in [0.15, 0.2) is 4.99 Å². The Morgan fingerprint density at radius 2 is 1.67 bits per heavy atom. The van der Waals surface area contributed by atoms with Crippen molar-refractivity contribution >= 4 is 39.8 Å². The molecule has 8 nitrogen and oxygen atoms in total. The highest BCUT2D eigenvalue weighted by Gasteiger charge is 2.22. The zero-order valence-corrected chi connectivity index (χ0v) is 22.1. The van der Waals surface area contributed by atoms with E-state index in [0.717, 1.165) is 71.2 Å². The molecule has 30 heavy (non-hydrogen) atoms. The number of nitrogens with one attached hydrogen (secondary N) is 2. The van der Waals surface area contributed by atoms with Gasteiger partial charge in [-0.15, -0.1) is 24.0 Å². The fourth-order valence-electron chi connectivity index (χ4n) is 3.94. The summed E-state index contributed by atoms with van der Waals surface area (Å²) in [6.07, 6.45) is 5.75. The molecule has 2 N–H and O–H groups in total. The van der Waals surface area contributed by atoms with Crippen LogP contribution in [-0.4, -0.2) is 108 Å². The number of ether oxygens (including phenoxy) is 1. The first-order chi connectivity index (χ1) is 13.9. The van der Waals surface area contributed by atoms with Crippen molar-refractivity contribution in [3.05, 3.63) is 0 Å². The second-order valence-electron chi connectivity index (χ2n) is 8.39. The number of hydrogen-bond donors (Lipinski definition) is 2. The van der Waals surface area contributed by atoms with Gasteiger partial charge in [-0.3, -0.25) is 4.99 Å². The van der Waals surface area contributed by atoms with Crippen molar-refractivity contribution in [1.29, 1.82) is 0 Å². The zero-order valence-electron chi connectivity index (χ0n) is 18.9. The number of aliphatic imine (C=N–C) groups is 1. The minimum Gasteiger partial charge on any atom is -0.383 e. The van der Waals surface area contributed by atoms with Gasteiger partial charge in [-0.1, -0.05) is 0 Å². The third-order valence-corrected chi connectivity index (χ3v) is 6.80. The molecule has 0 bridgehead atoms. The third kappa shape index (κ3) is 11.4. The van der Waals surface area contributed by atoms with Crippen LogP contribution in [-0.2, 0) is 14.6 Å². The van der Waals surface area contributed by atoms with Gasteiger partial charge in [0.15, 0.2) is 5.96 Å². The molecule has 2 aliphatic rings. The SMILES string of the molecule is CCNC(=NCC1CCN(CCOC)CC1)NC1CCN(CCS(C)(=O)=O)CC1.I. The smallest absolute Gasteiger partial charge is 0.191 e. The number of sulfone groups is 1. The first kappa shape index (κ1) is 27.9. The highest BCUT2D eigenvalue weighted by molar-refractivity contribution is 14.0. The van der Waals surface area contributed by atoms with Crippen molar-refractivity contribution in [2.45, 2.75) is 38.6 Å². The van der Waals surface area contributed by atoms with Crippen molar-refractivity contribution in [1.82, 2.24) is 20.4 Å². The van der Waals surface area contributed by atoms with E-state index in [1.165, 1.54) is 19.1 Å². The molecule has 0 aromatic rings. The van der Waals surface area contributed by atoms with Crippen LogP contribution in [0.5, 0.6) is 0 Å². The summed E-state index contributed by atoms with van der Waals surface area (Å²) in [6.45, 7) is 10.5. The van der Waals surface area contributed by atoms with Gasteiger partial charge in [0.1, 0.15) is 9.84 Å². The molecule has 0 aromatic carbocycles. The van der Waals surface area contributed by atoms with Gasteiger partial charge in [0, 0.05) is 58.7 Å². The number of guanidine groups is 1. The molecule has 2 saturated heterocycles. The normalized spacial score (nSPS) is 20.7. The van der Waals surface area contributed by atoms with Crippen molar-refractivity contribution in [2.24, 2.45) is 10.9 Å². The zero-order chi connectivity index (χ0) is 21.1. The summed E-state index contributed by atoms with van der Waals surface area (Å²) in [4.78, 5) is 9.59. The van der Waals surface area contributed by atoms with Crippen molar-refractivity contribution in [3.63, 3.8) is 0 Å². The summed E-state index contributed by atoms with van der Waals surface area (Å²) in [6, 6.07) is 0.401. The van der Waals surface area contributed by atoms with Crippen LogP contribution in [0.4, 0.5) is 0 Å². The van der Waals surface area contributed by atoms with Gasteiger partial charge in [-0.25, -0.2) is 8.42 Å². The molecule has 0 radical (unpaired) electrons. The second-order valence-corrected chi connectivity index (χ2v) is 10.6. The maximum absolute atomic E-state index is 11.4. The van der Waals surface area contributed by atoms with Crippen LogP contribution in [0.25, 0.3) is 0 Å². The Morgan fingerprint density at radius 3 is 2.23 bits per heavy atom. The third-order valence-electron chi connectivity index (χ3n) is 5.88. The van der Waals surface area contributed by atoms with Crippen LogP contribution >= 0.6 is 24.0 Å². The van der Waals surface area contributed by atoms with Crippen molar-refractivity contribution in [2.75, 3.05) is 78.1 Å². The number of hydrogen-bond acceptors (Lipinski definition) is 6. The lowest BCUT2D eigenvalue weighted by Gasteiger charge is -2.33. The lowest BCUT2D eigenvalue weighted by molar-refractivity contribution is 0.121. The second kappa shape index (κ2) is 14.8. The van der Waals surface area contributed by atoms with Gasteiger partial charge in [0.05, 0.1) is 12.4 Å². The Morgan fingerprint density at radius 1 is 1.07 bits per heavy atom. The van der Waals surface area contributed by atoms with E-state index in [4.69, 9.17) is 9.73 Å². The molecule has 0 spiro atoms. The predicted octanol–water partition coefficient (Wildman–Crippen LogP) is 1.03. The molecule has 0 aliphatic carbocycles. The van der Waals surface area contributed by atoms with Crippen LogP contribution in [0.1, 0.15) is 32.6 Å². The molecule has 0 atom stereocenters. The molecule has 0 saturated carbocycles. The molecule has 0 aromatic heterocycles. The molecular formula is C20H42IN5O3S. The van der Waals surface area contributed by atoms with E-state index in [-0.39, 0.29) is 29.7 Å². The van der Waals surface area contributed by atoms with Crippen LogP contribution in [0, 0.1) is 5.92 Å². The van der Waals surface area contributed by atoms with E-state index in [0.29, 0.717) is 18.5 Å². The summed E-state index contributed by atoms with van der Waals surface area (Å²) in [5.41, 5.74) is 0. The first-order valence-corrected chi connectivity index (χ1v) is 13.1. The van der Waals surface area contributed by atoms with Gasteiger partial charge in [-0.05, 0) is 51.6 Å². The number of rotatable bonds is 10. The molecule has 2 fully saturated rings. The molecule has 2 rings (SSSR count). The lowest BCUT2D eigenvalue weighted by atomic mass is 9.97. The van der Waals surface area contributed by atoms with Gasteiger partial charge < -0.3 is 25.2 Å². The fraction of sp³-hybridized carbons (Fsp3) is 0.950. The van der Waals surface area contributed by atoms with E-state index in [2.05, 4.69) is 27.4 Å². The van der Waals surface area contributed by atoms with E-state index >= 15 is 0 Å². The number of halogens is 1. The molecule has 10 heteroatoms. The summed E-state index contributed by atoms with van der Waals surface area (Å²) in [5, 5.41) is 6.97. The van der Waals surface area contributed by atoms with Gasteiger partial charge in [-0.2, -0.15) is 0 Å². The summed E-state index contributed by atoms with van der Waals surface area (Å²) >= 11 is 0. The Balaban J connectivity index is 0.00000450. The maximum atomic E-state index is 11.4. The largest absolute Gasteiger partial charge is 0.383 e. The molecule has 178 valence electrons. The Hall–Kier alpha value is -0.170. The molecule has 2 heterocycles. The maximum Gasteiger partial charge on any atom is 0.191 e. The Kier molecular flexibility index (Phi) is 13.8. The van der Waals surface area contributed by atoms with Gasteiger partial charge >= 0.3 is 0 Å². The van der Waals surface area contributed by atoms with E-state index in [1.54, 1.807) is 7.11 Å². The summed E-state index contributed by atoms with van der Waals surface area (Å²) < 4.78 is 27.9.